The molecule has 24 heavy (non-hydrogen) atoms. The molecule has 4 nitrogen and oxygen atoms in total. The zero-order chi connectivity index (χ0) is 16.3. The number of rotatable bonds is 3. The summed E-state index contributed by atoms with van der Waals surface area (Å²) in [5.74, 6) is 2.27. The van der Waals surface area contributed by atoms with Crippen molar-refractivity contribution in [3.63, 3.8) is 0 Å². The minimum Gasteiger partial charge on any atom is -0.497 e. The standard InChI is InChI=1S/C20H26N2O2/c1-24-17-6-4-15-13-22-19-7-5-16(23)11-20(19,18(15)10-17)8-9-21(22)12-14-2-3-14/h4,6,10,14,19H,2-3,5,7-9,11-13H2,1H3. The van der Waals surface area contributed by atoms with E-state index in [1.165, 1.54) is 30.5 Å². The molecule has 0 amide bonds. The maximum atomic E-state index is 12.4. The molecule has 3 atom stereocenters. The summed E-state index contributed by atoms with van der Waals surface area (Å²) >= 11 is 0. The number of fused-ring (bicyclic) bond motifs is 1. The molecule has 3 fully saturated rings. The van der Waals surface area contributed by atoms with Gasteiger partial charge in [0.2, 0.25) is 0 Å². The fraction of sp³-hybridized carbons (Fsp3) is 0.650. The highest BCUT2D eigenvalue weighted by molar-refractivity contribution is 5.82. The molecule has 2 saturated carbocycles. The second-order valence-corrected chi connectivity index (χ2v) is 8.15. The summed E-state index contributed by atoms with van der Waals surface area (Å²) in [6, 6.07) is 7.00. The van der Waals surface area contributed by atoms with Crippen molar-refractivity contribution < 1.29 is 9.53 Å². The van der Waals surface area contributed by atoms with Crippen LogP contribution in [-0.2, 0) is 16.8 Å². The Hall–Kier alpha value is -1.39. The van der Waals surface area contributed by atoms with Crippen molar-refractivity contribution in [3.05, 3.63) is 29.3 Å². The van der Waals surface area contributed by atoms with Crippen LogP contribution in [0.4, 0.5) is 0 Å². The van der Waals surface area contributed by atoms with Crippen LogP contribution in [0.1, 0.15) is 49.7 Å². The van der Waals surface area contributed by atoms with E-state index in [-0.39, 0.29) is 5.41 Å². The molecule has 3 unspecified atom stereocenters. The van der Waals surface area contributed by atoms with Crippen LogP contribution in [0.15, 0.2) is 18.2 Å². The van der Waals surface area contributed by atoms with E-state index in [4.69, 9.17) is 4.74 Å². The maximum Gasteiger partial charge on any atom is 0.133 e. The summed E-state index contributed by atoms with van der Waals surface area (Å²) in [4.78, 5) is 12.4. The van der Waals surface area contributed by atoms with Crippen molar-refractivity contribution in [3.8, 4) is 5.75 Å². The molecule has 2 heterocycles. The molecule has 1 aromatic carbocycles. The minimum atomic E-state index is 0.0114. The molecule has 1 saturated heterocycles. The molecule has 4 heteroatoms. The number of benzene rings is 1. The zero-order valence-corrected chi connectivity index (χ0v) is 14.5. The van der Waals surface area contributed by atoms with Crippen molar-refractivity contribution in [2.24, 2.45) is 5.92 Å². The Bertz CT molecular complexity index is 684. The summed E-state index contributed by atoms with van der Waals surface area (Å²) in [6.45, 7) is 3.30. The van der Waals surface area contributed by atoms with Crippen LogP contribution in [0.5, 0.6) is 5.75 Å². The normalized spacial score (nSPS) is 35.3. The fourth-order valence-electron chi connectivity index (χ4n) is 5.35. The number of ketones is 1. The lowest BCUT2D eigenvalue weighted by Gasteiger charge is -2.60. The van der Waals surface area contributed by atoms with Crippen molar-refractivity contribution in [2.75, 3.05) is 20.2 Å². The van der Waals surface area contributed by atoms with E-state index in [0.717, 1.165) is 44.0 Å². The SMILES string of the molecule is COc1ccc2c(c1)C13CCN(CC4CC4)N(C2)C1CCC(=O)C3. The Labute approximate surface area is 143 Å². The fourth-order valence-corrected chi connectivity index (χ4v) is 5.35. The summed E-state index contributed by atoms with van der Waals surface area (Å²) < 4.78 is 5.49. The number of ether oxygens (including phenoxy) is 1. The van der Waals surface area contributed by atoms with Crippen LogP contribution in [-0.4, -0.2) is 42.0 Å². The first-order valence-electron chi connectivity index (χ1n) is 9.40. The number of carbonyl (C=O) groups is 1. The molecule has 4 aliphatic rings. The van der Waals surface area contributed by atoms with Gasteiger partial charge in [-0.15, -0.1) is 0 Å². The molecule has 5 rings (SSSR count). The van der Waals surface area contributed by atoms with Gasteiger partial charge in [-0.2, -0.15) is 0 Å². The van der Waals surface area contributed by atoms with Crippen LogP contribution in [0, 0.1) is 5.92 Å². The molecule has 0 N–H and O–H groups in total. The predicted molar refractivity (Wildman–Crippen MR) is 91.8 cm³/mol. The van der Waals surface area contributed by atoms with Gasteiger partial charge < -0.3 is 4.74 Å². The average Bonchev–Trinajstić information content (AvgIpc) is 3.41. The van der Waals surface area contributed by atoms with Gasteiger partial charge in [0.25, 0.3) is 0 Å². The van der Waals surface area contributed by atoms with Gasteiger partial charge >= 0.3 is 0 Å². The lowest BCUT2D eigenvalue weighted by Crippen LogP contribution is -2.67. The maximum absolute atomic E-state index is 12.4. The van der Waals surface area contributed by atoms with E-state index < -0.39 is 0 Å². The summed E-state index contributed by atoms with van der Waals surface area (Å²) in [6.07, 6.45) is 6.37. The molecular formula is C20H26N2O2. The molecule has 2 bridgehead atoms. The Morgan fingerprint density at radius 3 is 2.96 bits per heavy atom. The summed E-state index contributed by atoms with van der Waals surface area (Å²) in [5, 5.41) is 5.24. The third-order valence-electron chi connectivity index (χ3n) is 6.74. The van der Waals surface area contributed by atoms with Gasteiger partial charge in [0.05, 0.1) is 7.11 Å². The first kappa shape index (κ1) is 14.9. The van der Waals surface area contributed by atoms with Crippen molar-refractivity contribution in [1.29, 1.82) is 0 Å². The lowest BCUT2D eigenvalue weighted by atomic mass is 9.60. The van der Waals surface area contributed by atoms with Gasteiger partial charge in [0, 0.05) is 43.9 Å². The summed E-state index contributed by atoms with van der Waals surface area (Å²) in [7, 11) is 1.73. The first-order valence-corrected chi connectivity index (χ1v) is 9.40. The quantitative estimate of drug-likeness (QED) is 0.855. The van der Waals surface area contributed by atoms with Gasteiger partial charge in [-0.05, 0) is 54.9 Å². The van der Waals surface area contributed by atoms with E-state index in [9.17, 15) is 4.79 Å². The second-order valence-electron chi connectivity index (χ2n) is 8.15. The van der Waals surface area contributed by atoms with E-state index in [0.29, 0.717) is 18.2 Å². The summed E-state index contributed by atoms with van der Waals surface area (Å²) in [5.41, 5.74) is 2.79. The number of carbonyl (C=O) groups excluding carboxylic acids is 1. The van der Waals surface area contributed by atoms with Crippen LogP contribution >= 0.6 is 0 Å². The molecular weight excluding hydrogens is 300 g/mol. The highest BCUT2D eigenvalue weighted by atomic mass is 16.5. The van der Waals surface area contributed by atoms with Crippen molar-refractivity contribution >= 4 is 5.78 Å². The Balaban J connectivity index is 1.59. The monoisotopic (exact) mass is 326 g/mol. The van der Waals surface area contributed by atoms with E-state index in [2.05, 4.69) is 28.2 Å². The van der Waals surface area contributed by atoms with Gasteiger partial charge in [-0.1, -0.05) is 6.07 Å². The predicted octanol–water partition coefficient (Wildman–Crippen LogP) is 2.90. The van der Waals surface area contributed by atoms with Gasteiger partial charge in [0.15, 0.2) is 0 Å². The first-order chi connectivity index (χ1) is 11.7. The van der Waals surface area contributed by atoms with Crippen LogP contribution in [0.2, 0.25) is 0 Å². The molecule has 0 spiro atoms. The largest absolute Gasteiger partial charge is 0.497 e. The Morgan fingerprint density at radius 1 is 1.29 bits per heavy atom. The van der Waals surface area contributed by atoms with Gasteiger partial charge in [0.1, 0.15) is 11.5 Å². The molecule has 2 aliphatic heterocycles. The lowest BCUT2D eigenvalue weighted by molar-refractivity contribution is -0.161. The smallest absolute Gasteiger partial charge is 0.133 e. The van der Waals surface area contributed by atoms with Gasteiger partial charge in [-0.25, -0.2) is 10.0 Å². The Morgan fingerprint density at radius 2 is 2.17 bits per heavy atom. The minimum absolute atomic E-state index is 0.0114. The van der Waals surface area contributed by atoms with Crippen LogP contribution in [0.3, 0.4) is 0 Å². The third kappa shape index (κ3) is 2.16. The molecule has 0 aromatic heterocycles. The number of nitrogens with zero attached hydrogens (tertiary/aromatic N) is 2. The second kappa shape index (κ2) is 5.30. The molecule has 2 aliphatic carbocycles. The molecule has 128 valence electrons. The molecule has 0 radical (unpaired) electrons. The highest BCUT2D eigenvalue weighted by Crippen LogP contribution is 2.52. The topological polar surface area (TPSA) is 32.8 Å². The number of hydrazine groups is 1. The van der Waals surface area contributed by atoms with Crippen molar-refractivity contribution in [1.82, 2.24) is 10.0 Å². The van der Waals surface area contributed by atoms with E-state index >= 15 is 0 Å². The molecule has 1 aromatic rings. The highest BCUT2D eigenvalue weighted by Gasteiger charge is 2.55. The number of hydrogen-bond donors (Lipinski definition) is 0. The Kier molecular flexibility index (Phi) is 3.29. The van der Waals surface area contributed by atoms with Crippen LogP contribution in [0.25, 0.3) is 0 Å². The van der Waals surface area contributed by atoms with Crippen LogP contribution < -0.4 is 4.74 Å². The number of methoxy groups -OCH3 is 1. The average molecular weight is 326 g/mol. The number of hydrogen-bond acceptors (Lipinski definition) is 4. The van der Waals surface area contributed by atoms with E-state index in [1.54, 1.807) is 7.11 Å². The number of Topliss-reactive ketones (excluding diaryl/α,β-unsaturated/α-hetero) is 1. The van der Waals surface area contributed by atoms with E-state index in [1.807, 2.05) is 0 Å². The third-order valence-corrected chi connectivity index (χ3v) is 6.74. The van der Waals surface area contributed by atoms with Gasteiger partial charge in [-0.3, -0.25) is 4.79 Å². The zero-order valence-electron chi connectivity index (χ0n) is 14.5. The van der Waals surface area contributed by atoms with Crippen molar-refractivity contribution in [2.45, 2.75) is 56.5 Å².